The van der Waals surface area contributed by atoms with Gasteiger partial charge in [0.2, 0.25) is 0 Å². The van der Waals surface area contributed by atoms with Crippen molar-refractivity contribution in [1.82, 2.24) is 15.0 Å². The molecule has 4 aromatic rings. The summed E-state index contributed by atoms with van der Waals surface area (Å²) in [5.41, 5.74) is 2.09. The monoisotopic (exact) mass is 435 g/mol. The summed E-state index contributed by atoms with van der Waals surface area (Å²) in [6, 6.07) is 12.5. The summed E-state index contributed by atoms with van der Waals surface area (Å²) in [7, 11) is 0. The minimum absolute atomic E-state index is 0.112. The lowest BCUT2D eigenvalue weighted by Gasteiger charge is -2.28. The predicted molar refractivity (Wildman–Crippen MR) is 118 cm³/mol. The second-order valence-corrected chi connectivity index (χ2v) is 7.38. The van der Waals surface area contributed by atoms with Crippen LogP contribution in [0, 0.1) is 11.6 Å². The molecule has 1 saturated heterocycles. The molecule has 0 amide bonds. The van der Waals surface area contributed by atoms with E-state index in [0.29, 0.717) is 24.4 Å². The van der Waals surface area contributed by atoms with Crippen molar-refractivity contribution in [2.24, 2.45) is 0 Å². The number of halogens is 2. The van der Waals surface area contributed by atoms with Crippen molar-refractivity contribution in [1.29, 1.82) is 0 Å². The van der Waals surface area contributed by atoms with E-state index in [4.69, 9.17) is 4.74 Å². The number of benzene rings is 2. The van der Waals surface area contributed by atoms with Gasteiger partial charge in [0.05, 0.1) is 30.8 Å². The Morgan fingerprint density at radius 1 is 1.03 bits per heavy atom. The number of hydrogen-bond donors (Lipinski definition) is 2. The number of rotatable bonds is 4. The number of fused-ring (bicyclic) bond motifs is 1. The van der Waals surface area contributed by atoms with Crippen molar-refractivity contribution >= 4 is 28.1 Å². The summed E-state index contributed by atoms with van der Waals surface area (Å²) in [5.74, 6) is -1.20. The van der Waals surface area contributed by atoms with Gasteiger partial charge in [0.15, 0.2) is 0 Å². The molecule has 32 heavy (non-hydrogen) atoms. The van der Waals surface area contributed by atoms with Crippen molar-refractivity contribution in [3.8, 4) is 11.3 Å². The van der Waals surface area contributed by atoms with E-state index < -0.39 is 11.6 Å². The van der Waals surface area contributed by atoms with Gasteiger partial charge in [-0.2, -0.15) is 0 Å². The van der Waals surface area contributed by atoms with E-state index in [9.17, 15) is 13.6 Å². The third kappa shape index (κ3) is 3.90. The van der Waals surface area contributed by atoms with Gasteiger partial charge in [-0.1, -0.05) is 0 Å². The maximum absolute atomic E-state index is 14.4. The van der Waals surface area contributed by atoms with Gasteiger partial charge in [0.25, 0.3) is 5.56 Å². The third-order valence-corrected chi connectivity index (χ3v) is 5.34. The molecule has 0 radical (unpaired) electrons. The topological polar surface area (TPSA) is 83.1 Å². The van der Waals surface area contributed by atoms with Crippen molar-refractivity contribution in [2.45, 2.75) is 0 Å². The van der Waals surface area contributed by atoms with Gasteiger partial charge < -0.3 is 19.9 Å². The van der Waals surface area contributed by atoms with Gasteiger partial charge in [-0.3, -0.25) is 4.79 Å². The second-order valence-electron chi connectivity index (χ2n) is 7.38. The average molecular weight is 435 g/mol. The lowest BCUT2D eigenvalue weighted by molar-refractivity contribution is 0.122. The summed E-state index contributed by atoms with van der Waals surface area (Å²) in [6.07, 6.45) is 1.27. The number of hydrogen-bond acceptors (Lipinski definition) is 6. The Labute approximate surface area is 181 Å². The molecule has 0 aliphatic carbocycles. The molecule has 0 atom stereocenters. The first kappa shape index (κ1) is 20.1. The fourth-order valence-corrected chi connectivity index (χ4v) is 3.73. The van der Waals surface area contributed by atoms with Crippen LogP contribution in [0.15, 0.2) is 59.7 Å². The zero-order chi connectivity index (χ0) is 22.1. The van der Waals surface area contributed by atoms with Gasteiger partial charge in [-0.05, 0) is 42.5 Å². The van der Waals surface area contributed by atoms with E-state index in [0.717, 1.165) is 30.9 Å². The Kier molecular flexibility index (Phi) is 5.24. The van der Waals surface area contributed by atoms with Crippen molar-refractivity contribution in [3.63, 3.8) is 0 Å². The van der Waals surface area contributed by atoms with Gasteiger partial charge >= 0.3 is 0 Å². The quantitative estimate of drug-likeness (QED) is 0.507. The number of nitrogens with one attached hydrogen (secondary N) is 2. The summed E-state index contributed by atoms with van der Waals surface area (Å²) in [4.78, 5) is 25.9. The van der Waals surface area contributed by atoms with Crippen LogP contribution in [0.5, 0.6) is 0 Å². The Hall–Kier alpha value is -3.85. The SMILES string of the molecule is O=c1[nH]cnc2cc(-c3ccc(F)cc3F)nc(Nc3ccc(N4CCOCC4)cc3)c12. The third-order valence-electron chi connectivity index (χ3n) is 5.34. The standard InChI is InChI=1S/C23H19F2N5O2/c24-14-1-6-17(18(25)11-14)19-12-20-21(23(31)27-13-26-20)22(29-19)28-15-2-4-16(5-3-15)30-7-9-32-10-8-30/h1-6,11-13H,7-10H2,(H,28,29)(H,26,27,31). The molecule has 5 rings (SSSR count). The summed E-state index contributed by atoms with van der Waals surface area (Å²) in [6.45, 7) is 3.04. The van der Waals surface area contributed by atoms with Crippen LogP contribution in [0.25, 0.3) is 22.2 Å². The molecule has 0 unspecified atom stereocenters. The highest BCUT2D eigenvalue weighted by molar-refractivity contribution is 5.92. The molecule has 3 heterocycles. The summed E-state index contributed by atoms with van der Waals surface area (Å²) >= 11 is 0. The van der Waals surface area contributed by atoms with Gasteiger partial charge in [-0.15, -0.1) is 0 Å². The Morgan fingerprint density at radius 3 is 2.56 bits per heavy atom. The van der Waals surface area contributed by atoms with Crippen molar-refractivity contribution in [3.05, 3.63) is 76.8 Å². The van der Waals surface area contributed by atoms with E-state index in [2.05, 4.69) is 25.2 Å². The molecule has 2 aromatic heterocycles. The van der Waals surface area contributed by atoms with E-state index in [1.165, 1.54) is 18.5 Å². The van der Waals surface area contributed by atoms with Crippen molar-refractivity contribution in [2.75, 3.05) is 36.5 Å². The highest BCUT2D eigenvalue weighted by atomic mass is 19.1. The number of morpholine rings is 1. The number of H-pyrrole nitrogens is 1. The molecule has 1 fully saturated rings. The summed E-state index contributed by atoms with van der Waals surface area (Å²) < 4.78 is 33.1. The van der Waals surface area contributed by atoms with E-state index in [1.807, 2.05) is 24.3 Å². The van der Waals surface area contributed by atoms with Gasteiger partial charge in [-0.25, -0.2) is 18.7 Å². The molecular formula is C23H19F2N5O2. The molecule has 0 saturated carbocycles. The van der Waals surface area contributed by atoms with Crippen LogP contribution < -0.4 is 15.8 Å². The largest absolute Gasteiger partial charge is 0.378 e. The minimum Gasteiger partial charge on any atom is -0.378 e. The molecule has 0 bridgehead atoms. The van der Waals surface area contributed by atoms with Crippen LogP contribution in [0.4, 0.5) is 26.0 Å². The highest BCUT2D eigenvalue weighted by Gasteiger charge is 2.16. The normalized spacial score (nSPS) is 14.0. The number of aromatic amines is 1. The zero-order valence-corrected chi connectivity index (χ0v) is 16.9. The fourth-order valence-electron chi connectivity index (χ4n) is 3.73. The number of nitrogens with zero attached hydrogens (tertiary/aromatic N) is 3. The molecule has 2 aromatic carbocycles. The van der Waals surface area contributed by atoms with Crippen LogP contribution in [0.3, 0.4) is 0 Å². The Balaban J connectivity index is 1.54. The molecule has 1 aliphatic rings. The van der Waals surface area contributed by atoms with Crippen LogP contribution in [0.1, 0.15) is 0 Å². The number of pyridine rings is 1. The lowest BCUT2D eigenvalue weighted by atomic mass is 10.1. The first-order valence-electron chi connectivity index (χ1n) is 10.1. The maximum Gasteiger partial charge on any atom is 0.262 e. The predicted octanol–water partition coefficient (Wildman–Crippen LogP) is 3.84. The second kappa shape index (κ2) is 8.35. The summed E-state index contributed by atoms with van der Waals surface area (Å²) in [5, 5.41) is 3.39. The van der Waals surface area contributed by atoms with E-state index >= 15 is 0 Å². The molecule has 1 aliphatic heterocycles. The van der Waals surface area contributed by atoms with E-state index in [-0.39, 0.29) is 28.0 Å². The molecule has 0 spiro atoms. The zero-order valence-electron chi connectivity index (χ0n) is 16.9. The van der Waals surface area contributed by atoms with Crippen LogP contribution in [0.2, 0.25) is 0 Å². The Bertz CT molecular complexity index is 1330. The van der Waals surface area contributed by atoms with Crippen LogP contribution in [-0.4, -0.2) is 41.3 Å². The van der Waals surface area contributed by atoms with Crippen molar-refractivity contribution < 1.29 is 13.5 Å². The average Bonchev–Trinajstić information content (AvgIpc) is 2.80. The molecule has 162 valence electrons. The Morgan fingerprint density at radius 2 is 1.81 bits per heavy atom. The number of anilines is 3. The van der Waals surface area contributed by atoms with Gasteiger partial charge in [0.1, 0.15) is 22.8 Å². The highest BCUT2D eigenvalue weighted by Crippen LogP contribution is 2.29. The molecule has 2 N–H and O–H groups in total. The lowest BCUT2D eigenvalue weighted by Crippen LogP contribution is -2.36. The first-order valence-corrected chi connectivity index (χ1v) is 10.1. The number of aromatic nitrogens is 3. The first-order chi connectivity index (χ1) is 15.6. The molecular weight excluding hydrogens is 416 g/mol. The molecule has 7 nitrogen and oxygen atoms in total. The van der Waals surface area contributed by atoms with Crippen LogP contribution >= 0.6 is 0 Å². The smallest absolute Gasteiger partial charge is 0.262 e. The minimum atomic E-state index is -0.748. The van der Waals surface area contributed by atoms with Crippen LogP contribution in [-0.2, 0) is 4.74 Å². The fraction of sp³-hybridized carbons (Fsp3) is 0.174. The number of ether oxygens (including phenoxy) is 1. The van der Waals surface area contributed by atoms with Gasteiger partial charge in [0, 0.05) is 36.1 Å². The maximum atomic E-state index is 14.4. The van der Waals surface area contributed by atoms with E-state index in [1.54, 1.807) is 0 Å². The molecule has 9 heteroatoms.